The van der Waals surface area contributed by atoms with E-state index in [4.69, 9.17) is 9.47 Å². The van der Waals surface area contributed by atoms with Crippen molar-refractivity contribution in [1.82, 2.24) is 4.72 Å². The second kappa shape index (κ2) is 9.71. The first-order valence-corrected chi connectivity index (χ1v) is 9.94. The van der Waals surface area contributed by atoms with Crippen LogP contribution in [0.1, 0.15) is 13.3 Å². The zero-order chi connectivity index (χ0) is 18.1. The molecule has 0 atom stereocenters. The van der Waals surface area contributed by atoms with Crippen LogP contribution in [0.2, 0.25) is 0 Å². The normalized spacial score (nSPS) is 15.7. The number of carbonyl (C=O) groups is 1. The molecule has 1 amide bonds. The largest absolute Gasteiger partial charge is 0.450 e. The number of amides is 1. The van der Waals surface area contributed by atoms with Crippen LogP contribution in [0.25, 0.3) is 0 Å². The van der Waals surface area contributed by atoms with Crippen LogP contribution in [0.3, 0.4) is 0 Å². The van der Waals surface area contributed by atoms with Gasteiger partial charge in [-0.2, -0.15) is 0 Å². The zero-order valence-corrected chi connectivity index (χ0v) is 15.2. The summed E-state index contributed by atoms with van der Waals surface area (Å²) < 4.78 is 37.2. The molecule has 9 heteroatoms. The Morgan fingerprint density at radius 2 is 1.92 bits per heavy atom. The highest BCUT2D eigenvalue weighted by molar-refractivity contribution is 7.89. The molecule has 0 aromatic heterocycles. The molecular weight excluding hydrogens is 346 g/mol. The van der Waals surface area contributed by atoms with Crippen LogP contribution in [0, 0.1) is 0 Å². The van der Waals surface area contributed by atoms with Crippen LogP contribution in [0.5, 0.6) is 0 Å². The van der Waals surface area contributed by atoms with Gasteiger partial charge in [-0.1, -0.05) is 0 Å². The van der Waals surface area contributed by atoms with Gasteiger partial charge in [0, 0.05) is 18.7 Å². The Morgan fingerprint density at radius 3 is 2.56 bits per heavy atom. The summed E-state index contributed by atoms with van der Waals surface area (Å²) in [4.78, 5) is 12.9. The van der Waals surface area contributed by atoms with E-state index in [0.29, 0.717) is 12.2 Å². The van der Waals surface area contributed by atoms with Gasteiger partial charge in [0.05, 0.1) is 31.3 Å². The Labute approximate surface area is 148 Å². The average molecular weight is 372 g/mol. The molecule has 1 fully saturated rings. The summed E-state index contributed by atoms with van der Waals surface area (Å²) in [5.74, 6) is 0. The number of ether oxygens (including phenoxy) is 2. The third-order valence-corrected chi connectivity index (χ3v) is 5.36. The average Bonchev–Trinajstić information content (AvgIpc) is 2.60. The Bertz CT molecular complexity index is 642. The number of rotatable bonds is 8. The third-order valence-electron chi connectivity index (χ3n) is 3.89. The number of morpholine rings is 1. The summed E-state index contributed by atoms with van der Waals surface area (Å²) in [6.45, 7) is 6.80. The van der Waals surface area contributed by atoms with Gasteiger partial charge in [-0.25, -0.2) is 17.9 Å². The van der Waals surface area contributed by atoms with Crippen molar-refractivity contribution in [3.8, 4) is 0 Å². The molecule has 1 aromatic carbocycles. The number of benzene rings is 1. The zero-order valence-electron chi connectivity index (χ0n) is 14.4. The van der Waals surface area contributed by atoms with Crippen LogP contribution < -0.4 is 14.9 Å². The molecule has 1 aromatic rings. The number of hydrogen-bond acceptors (Lipinski definition) is 5. The van der Waals surface area contributed by atoms with E-state index in [1.807, 2.05) is 0 Å². The Balaban J connectivity index is 1.79. The Morgan fingerprint density at radius 1 is 1.24 bits per heavy atom. The van der Waals surface area contributed by atoms with Crippen molar-refractivity contribution in [3.05, 3.63) is 24.3 Å². The SMILES string of the molecule is CCOC(=O)Nc1ccc(S(=O)(=O)NCCC[NH+]2CCOCC2)cc1. The van der Waals surface area contributed by atoms with E-state index >= 15 is 0 Å². The minimum Gasteiger partial charge on any atom is -0.450 e. The topological polar surface area (TPSA) is 98.2 Å². The predicted octanol–water partition coefficient (Wildman–Crippen LogP) is -0.161. The van der Waals surface area contributed by atoms with E-state index in [1.165, 1.54) is 29.2 Å². The van der Waals surface area contributed by atoms with Crippen LogP contribution in [-0.4, -0.2) is 60.5 Å². The summed E-state index contributed by atoms with van der Waals surface area (Å²) in [7, 11) is -3.55. The smallest absolute Gasteiger partial charge is 0.411 e. The molecule has 1 heterocycles. The summed E-state index contributed by atoms with van der Waals surface area (Å²) in [6.07, 6.45) is 0.207. The molecule has 1 aliphatic rings. The molecule has 0 saturated carbocycles. The molecule has 0 unspecified atom stereocenters. The first kappa shape index (κ1) is 19.6. The summed E-state index contributed by atoms with van der Waals surface area (Å²) in [6, 6.07) is 5.97. The van der Waals surface area contributed by atoms with Crippen molar-refractivity contribution in [2.24, 2.45) is 0 Å². The molecule has 2 rings (SSSR count). The monoisotopic (exact) mass is 372 g/mol. The number of hydrogen-bond donors (Lipinski definition) is 3. The first-order valence-electron chi connectivity index (χ1n) is 8.46. The van der Waals surface area contributed by atoms with Gasteiger partial charge in [-0.15, -0.1) is 0 Å². The first-order chi connectivity index (χ1) is 12.0. The fourth-order valence-electron chi connectivity index (χ4n) is 2.54. The summed E-state index contributed by atoms with van der Waals surface area (Å²) in [5.41, 5.74) is 0.480. The molecule has 140 valence electrons. The number of quaternary nitrogens is 1. The lowest BCUT2D eigenvalue weighted by Gasteiger charge is -2.23. The van der Waals surface area contributed by atoms with Gasteiger partial charge < -0.3 is 14.4 Å². The van der Waals surface area contributed by atoms with Gasteiger partial charge in [-0.3, -0.25) is 5.32 Å². The second-order valence-corrected chi connectivity index (χ2v) is 7.50. The van der Waals surface area contributed by atoms with Crippen molar-refractivity contribution in [3.63, 3.8) is 0 Å². The minimum atomic E-state index is -3.55. The maximum Gasteiger partial charge on any atom is 0.411 e. The molecule has 0 aliphatic carbocycles. The van der Waals surface area contributed by atoms with Crippen molar-refractivity contribution in [1.29, 1.82) is 0 Å². The highest BCUT2D eigenvalue weighted by Crippen LogP contribution is 2.14. The van der Waals surface area contributed by atoms with Crippen LogP contribution >= 0.6 is 0 Å². The van der Waals surface area contributed by atoms with Crippen molar-refractivity contribution in [2.75, 3.05) is 51.3 Å². The van der Waals surface area contributed by atoms with Gasteiger partial charge >= 0.3 is 6.09 Å². The molecule has 25 heavy (non-hydrogen) atoms. The van der Waals surface area contributed by atoms with E-state index in [2.05, 4.69) is 10.0 Å². The highest BCUT2D eigenvalue weighted by atomic mass is 32.2. The number of sulfonamides is 1. The standard InChI is InChI=1S/C16H25N3O5S/c1-2-24-16(20)18-14-4-6-15(7-5-14)25(21,22)17-8-3-9-19-10-12-23-13-11-19/h4-7,17H,2-3,8-13H2,1H3,(H,18,20)/p+1. The number of anilines is 1. The van der Waals surface area contributed by atoms with Crippen LogP contribution in [0.4, 0.5) is 10.5 Å². The van der Waals surface area contributed by atoms with Gasteiger partial charge in [0.15, 0.2) is 0 Å². The van der Waals surface area contributed by atoms with E-state index in [9.17, 15) is 13.2 Å². The second-order valence-electron chi connectivity index (χ2n) is 5.73. The van der Waals surface area contributed by atoms with Crippen LogP contribution in [0.15, 0.2) is 29.2 Å². The lowest BCUT2D eigenvalue weighted by molar-refractivity contribution is -0.908. The summed E-state index contributed by atoms with van der Waals surface area (Å²) >= 11 is 0. The lowest BCUT2D eigenvalue weighted by Crippen LogP contribution is -3.14. The molecule has 3 N–H and O–H groups in total. The van der Waals surface area contributed by atoms with Crippen molar-refractivity contribution < 1.29 is 27.6 Å². The summed E-state index contributed by atoms with van der Waals surface area (Å²) in [5, 5.41) is 2.52. The molecule has 0 radical (unpaired) electrons. The van der Waals surface area contributed by atoms with Gasteiger partial charge in [-0.05, 0) is 31.2 Å². The van der Waals surface area contributed by atoms with E-state index in [-0.39, 0.29) is 11.5 Å². The Hall–Kier alpha value is -1.68. The van der Waals surface area contributed by atoms with E-state index in [1.54, 1.807) is 6.92 Å². The number of carbonyl (C=O) groups excluding carboxylic acids is 1. The molecular formula is C16H26N3O5S+. The van der Waals surface area contributed by atoms with E-state index in [0.717, 1.165) is 39.3 Å². The molecule has 0 spiro atoms. The lowest BCUT2D eigenvalue weighted by atomic mass is 10.3. The third kappa shape index (κ3) is 6.62. The van der Waals surface area contributed by atoms with Gasteiger partial charge in [0.25, 0.3) is 0 Å². The number of nitrogens with one attached hydrogen (secondary N) is 3. The maximum absolute atomic E-state index is 12.3. The fraction of sp³-hybridized carbons (Fsp3) is 0.562. The molecule has 0 bridgehead atoms. The molecule has 8 nitrogen and oxygen atoms in total. The fourth-order valence-corrected chi connectivity index (χ4v) is 3.61. The Kier molecular flexibility index (Phi) is 7.63. The molecule has 1 aliphatic heterocycles. The highest BCUT2D eigenvalue weighted by Gasteiger charge is 2.16. The van der Waals surface area contributed by atoms with Crippen molar-refractivity contribution >= 4 is 21.8 Å². The predicted molar refractivity (Wildman–Crippen MR) is 93.3 cm³/mol. The maximum atomic E-state index is 12.3. The molecule has 1 saturated heterocycles. The van der Waals surface area contributed by atoms with Gasteiger partial charge in [0.2, 0.25) is 10.0 Å². The van der Waals surface area contributed by atoms with Crippen molar-refractivity contribution in [2.45, 2.75) is 18.2 Å². The quantitative estimate of drug-likeness (QED) is 0.551. The minimum absolute atomic E-state index is 0.167. The van der Waals surface area contributed by atoms with Crippen LogP contribution in [-0.2, 0) is 19.5 Å². The van der Waals surface area contributed by atoms with Gasteiger partial charge in [0.1, 0.15) is 13.1 Å². The van der Waals surface area contributed by atoms with E-state index < -0.39 is 16.1 Å².